The van der Waals surface area contributed by atoms with E-state index in [-0.39, 0.29) is 23.8 Å². The van der Waals surface area contributed by atoms with Gasteiger partial charge in [-0.05, 0) is 35.2 Å². The molecule has 5 nitrogen and oxygen atoms in total. The van der Waals surface area contributed by atoms with Gasteiger partial charge in [-0.2, -0.15) is 0 Å². The number of benzene rings is 3. The third kappa shape index (κ3) is 4.41. The molecule has 0 fully saturated rings. The average Bonchev–Trinajstić information content (AvgIpc) is 2.75. The molecule has 0 saturated heterocycles. The van der Waals surface area contributed by atoms with Crippen LogP contribution in [0.25, 0.3) is 11.1 Å². The number of rotatable bonds is 5. The lowest BCUT2D eigenvalue weighted by Crippen LogP contribution is -2.44. The van der Waals surface area contributed by atoms with E-state index in [1.54, 1.807) is 12.1 Å². The van der Waals surface area contributed by atoms with Crippen molar-refractivity contribution in [1.82, 2.24) is 5.32 Å². The smallest absolute Gasteiger partial charge is 0.264 e. The Kier molecular flexibility index (Phi) is 5.61. The zero-order chi connectivity index (χ0) is 20.9. The summed E-state index contributed by atoms with van der Waals surface area (Å²) in [5.74, 6) is -1.35. The maximum absolute atomic E-state index is 12.6. The predicted molar refractivity (Wildman–Crippen MR) is 117 cm³/mol. The van der Waals surface area contributed by atoms with Gasteiger partial charge in [0.2, 0.25) is 0 Å². The Morgan fingerprint density at radius 2 is 1.50 bits per heavy atom. The van der Waals surface area contributed by atoms with Crippen molar-refractivity contribution < 1.29 is 14.7 Å². The van der Waals surface area contributed by atoms with Crippen LogP contribution >= 0.6 is 0 Å². The van der Waals surface area contributed by atoms with E-state index in [1.807, 2.05) is 72.8 Å². The van der Waals surface area contributed by atoms with Gasteiger partial charge < -0.3 is 15.7 Å². The van der Waals surface area contributed by atoms with Crippen molar-refractivity contribution in [2.75, 3.05) is 5.32 Å². The molecule has 1 heterocycles. The molecule has 3 aromatic carbocycles. The van der Waals surface area contributed by atoms with Gasteiger partial charge in [0, 0.05) is 18.2 Å². The van der Waals surface area contributed by atoms with E-state index in [0.717, 1.165) is 16.7 Å². The minimum absolute atomic E-state index is 0.182. The molecule has 0 bridgehead atoms. The molecule has 0 radical (unpaired) electrons. The van der Waals surface area contributed by atoms with Crippen LogP contribution in [0.15, 0.2) is 96.3 Å². The Hall–Kier alpha value is -3.86. The molecule has 30 heavy (non-hydrogen) atoms. The first-order valence-corrected chi connectivity index (χ1v) is 9.84. The summed E-state index contributed by atoms with van der Waals surface area (Å²) in [4.78, 5) is 25.1. The Balaban J connectivity index is 1.44. The van der Waals surface area contributed by atoms with Crippen LogP contribution in [0.5, 0.6) is 0 Å². The average molecular weight is 398 g/mol. The van der Waals surface area contributed by atoms with Gasteiger partial charge in [-0.1, -0.05) is 72.8 Å². The molecular weight excluding hydrogens is 376 g/mol. The molecular formula is C25H22N2O3. The van der Waals surface area contributed by atoms with Crippen LogP contribution in [-0.2, 0) is 16.0 Å². The Bertz CT molecular complexity index is 1070. The van der Waals surface area contributed by atoms with Gasteiger partial charge >= 0.3 is 0 Å². The second-order valence-electron chi connectivity index (χ2n) is 7.28. The number of amides is 2. The van der Waals surface area contributed by atoms with Crippen molar-refractivity contribution in [3.8, 4) is 11.1 Å². The molecule has 0 spiro atoms. The van der Waals surface area contributed by atoms with Crippen molar-refractivity contribution in [2.45, 2.75) is 18.9 Å². The lowest BCUT2D eigenvalue weighted by Gasteiger charge is -2.25. The van der Waals surface area contributed by atoms with Gasteiger partial charge in [0.1, 0.15) is 11.3 Å². The standard InChI is InChI=1S/C25H22N2O3/c28-22-16-21(15-17-7-3-1-4-8-17)27-25(30)23(22)24(29)26-20-13-11-19(12-14-20)18-9-5-2-6-10-18/h1-14,21,28H,15-16H2,(H,26,29)(H,27,30). The van der Waals surface area contributed by atoms with Gasteiger partial charge in [0.15, 0.2) is 0 Å². The summed E-state index contributed by atoms with van der Waals surface area (Å²) in [6.07, 6.45) is 0.808. The number of hydrogen-bond acceptors (Lipinski definition) is 3. The molecule has 0 saturated carbocycles. The maximum Gasteiger partial charge on any atom is 0.264 e. The summed E-state index contributed by atoms with van der Waals surface area (Å²) < 4.78 is 0. The molecule has 1 aliphatic rings. The van der Waals surface area contributed by atoms with Gasteiger partial charge in [0.25, 0.3) is 11.8 Å². The monoisotopic (exact) mass is 398 g/mol. The highest BCUT2D eigenvalue weighted by atomic mass is 16.3. The zero-order valence-corrected chi connectivity index (χ0v) is 16.3. The molecule has 1 unspecified atom stereocenters. The topological polar surface area (TPSA) is 78.4 Å². The predicted octanol–water partition coefficient (Wildman–Crippen LogP) is 4.24. The van der Waals surface area contributed by atoms with Crippen molar-refractivity contribution in [1.29, 1.82) is 0 Å². The van der Waals surface area contributed by atoms with Crippen LogP contribution in [0, 0.1) is 0 Å². The number of aliphatic hydroxyl groups excluding tert-OH is 1. The number of aliphatic hydroxyl groups is 1. The first kappa shape index (κ1) is 19.5. The first-order valence-electron chi connectivity index (χ1n) is 9.84. The molecule has 1 atom stereocenters. The number of hydrogen-bond donors (Lipinski definition) is 3. The number of anilines is 1. The Labute approximate surface area is 175 Å². The molecule has 0 aromatic heterocycles. The van der Waals surface area contributed by atoms with Crippen molar-refractivity contribution in [2.24, 2.45) is 0 Å². The minimum Gasteiger partial charge on any atom is -0.511 e. The largest absolute Gasteiger partial charge is 0.511 e. The summed E-state index contributed by atoms with van der Waals surface area (Å²) in [7, 11) is 0. The fraction of sp³-hybridized carbons (Fsp3) is 0.120. The third-order valence-electron chi connectivity index (χ3n) is 5.09. The van der Waals surface area contributed by atoms with Crippen molar-refractivity contribution in [3.63, 3.8) is 0 Å². The van der Waals surface area contributed by atoms with E-state index in [9.17, 15) is 14.7 Å². The van der Waals surface area contributed by atoms with E-state index < -0.39 is 11.8 Å². The quantitative estimate of drug-likeness (QED) is 0.563. The third-order valence-corrected chi connectivity index (χ3v) is 5.09. The van der Waals surface area contributed by atoms with Crippen molar-refractivity contribution in [3.05, 3.63) is 102 Å². The van der Waals surface area contributed by atoms with E-state index in [0.29, 0.717) is 12.1 Å². The molecule has 4 rings (SSSR count). The summed E-state index contributed by atoms with van der Waals surface area (Å²) in [5, 5.41) is 15.9. The van der Waals surface area contributed by atoms with Crippen LogP contribution in [0.1, 0.15) is 12.0 Å². The van der Waals surface area contributed by atoms with Gasteiger partial charge in [-0.25, -0.2) is 0 Å². The number of carbonyl (C=O) groups is 2. The van der Waals surface area contributed by atoms with Crippen LogP contribution in [-0.4, -0.2) is 23.0 Å². The normalized spacial score (nSPS) is 16.1. The summed E-state index contributed by atoms with van der Waals surface area (Å²) in [5.41, 5.74) is 3.48. The van der Waals surface area contributed by atoms with Crippen molar-refractivity contribution >= 4 is 17.5 Å². The highest BCUT2D eigenvalue weighted by Crippen LogP contribution is 2.23. The molecule has 1 aliphatic heterocycles. The van der Waals surface area contributed by atoms with Gasteiger partial charge in [-0.3, -0.25) is 9.59 Å². The van der Waals surface area contributed by atoms with Crippen LogP contribution in [0.4, 0.5) is 5.69 Å². The first-order chi connectivity index (χ1) is 14.6. The fourth-order valence-electron chi connectivity index (χ4n) is 3.60. The van der Waals surface area contributed by atoms with Gasteiger partial charge in [0.05, 0.1) is 0 Å². The number of carbonyl (C=O) groups excluding carboxylic acids is 2. The molecule has 2 amide bonds. The van der Waals surface area contributed by atoms with E-state index >= 15 is 0 Å². The highest BCUT2D eigenvalue weighted by Gasteiger charge is 2.31. The van der Waals surface area contributed by atoms with Gasteiger partial charge in [-0.15, -0.1) is 0 Å². The highest BCUT2D eigenvalue weighted by molar-refractivity contribution is 6.23. The summed E-state index contributed by atoms with van der Waals surface area (Å²) in [6, 6.07) is 26.7. The lowest BCUT2D eigenvalue weighted by molar-refractivity contribution is -0.122. The molecule has 0 aliphatic carbocycles. The molecule has 3 aromatic rings. The lowest BCUT2D eigenvalue weighted by atomic mass is 9.96. The van der Waals surface area contributed by atoms with E-state index in [2.05, 4.69) is 10.6 Å². The zero-order valence-electron chi connectivity index (χ0n) is 16.3. The number of nitrogens with one attached hydrogen (secondary N) is 2. The van der Waals surface area contributed by atoms with Crippen LogP contribution < -0.4 is 10.6 Å². The van der Waals surface area contributed by atoms with Crippen LogP contribution in [0.2, 0.25) is 0 Å². The fourth-order valence-corrected chi connectivity index (χ4v) is 3.60. The SMILES string of the molecule is O=C(Nc1ccc(-c2ccccc2)cc1)C1=C(O)CC(Cc2ccccc2)NC1=O. The minimum atomic E-state index is -0.615. The second-order valence-corrected chi connectivity index (χ2v) is 7.28. The molecule has 3 N–H and O–H groups in total. The summed E-state index contributed by atoms with van der Waals surface area (Å²) >= 11 is 0. The van der Waals surface area contributed by atoms with E-state index in [1.165, 1.54) is 0 Å². The molecule has 5 heteroatoms. The Morgan fingerprint density at radius 3 is 2.13 bits per heavy atom. The van der Waals surface area contributed by atoms with E-state index in [4.69, 9.17) is 0 Å². The van der Waals surface area contributed by atoms with Crippen LogP contribution in [0.3, 0.4) is 0 Å². The summed E-state index contributed by atoms with van der Waals surface area (Å²) in [6.45, 7) is 0. The maximum atomic E-state index is 12.6. The molecule has 150 valence electrons. The second kappa shape index (κ2) is 8.66. The Morgan fingerprint density at radius 1 is 0.900 bits per heavy atom.